The summed E-state index contributed by atoms with van der Waals surface area (Å²) < 4.78 is 22.4. The molecule has 2 heterocycles. The number of ether oxygens (including phenoxy) is 4. The molecule has 2 fully saturated rings. The lowest BCUT2D eigenvalue weighted by atomic mass is 9.99. The Bertz CT molecular complexity index is 823. The zero-order chi connectivity index (χ0) is 23.5. The summed E-state index contributed by atoms with van der Waals surface area (Å²) in [5.74, 6) is -1.33. The van der Waals surface area contributed by atoms with E-state index < -0.39 is 48.2 Å². The highest BCUT2D eigenvalue weighted by Gasteiger charge is 2.50. The number of cyclic esters (lactones) is 1. The third kappa shape index (κ3) is 5.56. The van der Waals surface area contributed by atoms with Crippen LogP contribution in [0.25, 0.3) is 0 Å². The Hall–Kier alpha value is -2.26. The molecule has 0 bridgehead atoms. The van der Waals surface area contributed by atoms with E-state index in [4.69, 9.17) is 18.9 Å². The molecule has 1 aromatic carbocycles. The van der Waals surface area contributed by atoms with Crippen molar-refractivity contribution in [2.45, 2.75) is 70.4 Å². The van der Waals surface area contributed by atoms with Crippen LogP contribution in [0.1, 0.15) is 33.3 Å². The summed E-state index contributed by atoms with van der Waals surface area (Å²) in [4.78, 5) is 26.8. The Morgan fingerprint density at radius 1 is 1.28 bits per heavy atom. The summed E-state index contributed by atoms with van der Waals surface area (Å²) in [6.45, 7) is 7.62. The van der Waals surface area contributed by atoms with Crippen molar-refractivity contribution in [1.29, 1.82) is 0 Å². The van der Waals surface area contributed by atoms with Gasteiger partial charge in [-0.25, -0.2) is 9.69 Å². The van der Waals surface area contributed by atoms with Gasteiger partial charge in [-0.1, -0.05) is 56.3 Å². The fourth-order valence-electron chi connectivity index (χ4n) is 4.02. The highest BCUT2D eigenvalue weighted by molar-refractivity contribution is 5.96. The fraction of sp³-hybridized carbons (Fsp3) is 0.583. The first kappa shape index (κ1) is 24.4. The average Bonchev–Trinajstić information content (AvgIpc) is 3.26. The first-order valence-corrected chi connectivity index (χ1v) is 10.9. The second-order valence-corrected chi connectivity index (χ2v) is 8.97. The lowest BCUT2D eigenvalue weighted by molar-refractivity contribution is -0.172. The average molecular weight is 448 g/mol. The topological polar surface area (TPSA) is 94.5 Å². The van der Waals surface area contributed by atoms with Crippen LogP contribution in [0.15, 0.2) is 42.5 Å². The van der Waals surface area contributed by atoms with Crippen molar-refractivity contribution in [3.05, 3.63) is 48.0 Å². The van der Waals surface area contributed by atoms with Crippen LogP contribution in [-0.2, 0) is 30.2 Å². The molecular formula is C24H33NO7. The normalized spacial score (nSPS) is 27.2. The highest BCUT2D eigenvalue weighted by Crippen LogP contribution is 2.33. The third-order valence-electron chi connectivity index (χ3n) is 5.51. The molecule has 1 N–H and O–H groups in total. The summed E-state index contributed by atoms with van der Waals surface area (Å²) in [6.07, 6.45) is -0.623. The monoisotopic (exact) mass is 447 g/mol. The predicted octanol–water partition coefficient (Wildman–Crippen LogP) is 2.68. The molecule has 3 rings (SSSR count). The smallest absolute Gasteiger partial charge is 0.417 e. The molecule has 0 spiro atoms. The number of carbonyl (C=O) groups excluding carboxylic acids is 2. The molecule has 1 aromatic rings. The summed E-state index contributed by atoms with van der Waals surface area (Å²) >= 11 is 0. The van der Waals surface area contributed by atoms with Gasteiger partial charge in [0.05, 0.1) is 6.04 Å². The molecule has 5 atom stereocenters. The maximum absolute atomic E-state index is 13.3. The zero-order valence-corrected chi connectivity index (χ0v) is 19.3. The minimum absolute atomic E-state index is 0.0851. The van der Waals surface area contributed by atoms with Crippen molar-refractivity contribution in [3.63, 3.8) is 0 Å². The van der Waals surface area contributed by atoms with Gasteiger partial charge in [0, 0.05) is 7.11 Å². The van der Waals surface area contributed by atoms with Crippen LogP contribution in [0.3, 0.4) is 0 Å². The van der Waals surface area contributed by atoms with Gasteiger partial charge in [-0.3, -0.25) is 4.79 Å². The minimum Gasteiger partial charge on any atom is -0.447 e. The molecular weight excluding hydrogens is 414 g/mol. The van der Waals surface area contributed by atoms with Crippen LogP contribution in [0.2, 0.25) is 0 Å². The number of allylic oxidation sites excluding steroid dienone is 1. The molecule has 2 aliphatic heterocycles. The number of hydrogen-bond donors (Lipinski definition) is 1. The summed E-state index contributed by atoms with van der Waals surface area (Å²) in [5.41, 5.74) is 0.969. The summed E-state index contributed by atoms with van der Waals surface area (Å²) in [6, 6.07) is 9.04. The Labute approximate surface area is 189 Å². The number of methoxy groups -OCH3 is 1. The van der Waals surface area contributed by atoms with Crippen LogP contribution in [0.5, 0.6) is 0 Å². The number of carbonyl (C=O) groups is 2. The summed E-state index contributed by atoms with van der Waals surface area (Å²) in [5, 5.41) is 11.1. The Balaban J connectivity index is 1.79. The molecule has 32 heavy (non-hydrogen) atoms. The molecule has 0 radical (unpaired) electrons. The molecule has 0 saturated carbocycles. The van der Waals surface area contributed by atoms with Crippen LogP contribution >= 0.6 is 0 Å². The lowest BCUT2D eigenvalue weighted by Gasteiger charge is -2.30. The molecule has 8 nitrogen and oxygen atoms in total. The maximum Gasteiger partial charge on any atom is 0.417 e. The molecule has 2 amide bonds. The SMILES string of the molecule is CO[C@H](C(=O)N1C(=O)OC[C@@H]1Cc1ccccc1)[C@H](O)[C@H]1OC(C)(C)O[C@@H]1/C=C/C(C)C. The highest BCUT2D eigenvalue weighted by atomic mass is 16.8. The number of benzene rings is 1. The molecule has 0 unspecified atom stereocenters. The standard InChI is InChI=1S/C24H33NO7/c1-15(2)11-12-18-20(32-24(3,4)31-18)19(26)21(29-5)22(27)25-17(14-30-23(25)28)13-16-9-7-6-8-10-16/h6-12,15,17-21,26H,13-14H2,1-5H3/b12-11+/t17-,18+,19+,20-,21-/m0/s1. The van der Waals surface area contributed by atoms with Crippen LogP contribution in [0.4, 0.5) is 4.79 Å². The Morgan fingerprint density at radius 3 is 2.59 bits per heavy atom. The van der Waals surface area contributed by atoms with E-state index in [0.29, 0.717) is 6.42 Å². The van der Waals surface area contributed by atoms with Crippen molar-refractivity contribution in [3.8, 4) is 0 Å². The molecule has 176 valence electrons. The maximum atomic E-state index is 13.3. The first-order valence-electron chi connectivity index (χ1n) is 10.9. The van der Waals surface area contributed by atoms with Gasteiger partial charge in [0.25, 0.3) is 5.91 Å². The van der Waals surface area contributed by atoms with Gasteiger partial charge in [0.15, 0.2) is 11.9 Å². The van der Waals surface area contributed by atoms with E-state index in [9.17, 15) is 14.7 Å². The largest absolute Gasteiger partial charge is 0.447 e. The second-order valence-electron chi connectivity index (χ2n) is 8.97. The van der Waals surface area contributed by atoms with Gasteiger partial charge in [-0.05, 0) is 31.7 Å². The molecule has 2 aliphatic rings. The number of aliphatic hydroxyl groups is 1. The van der Waals surface area contributed by atoms with Crippen LogP contribution < -0.4 is 0 Å². The van der Waals surface area contributed by atoms with E-state index in [1.807, 2.05) is 56.3 Å². The molecule has 8 heteroatoms. The number of hydrogen-bond acceptors (Lipinski definition) is 7. The number of amides is 2. The van der Waals surface area contributed by atoms with Crippen molar-refractivity contribution in [2.24, 2.45) is 5.92 Å². The lowest BCUT2D eigenvalue weighted by Crippen LogP contribution is -2.54. The van der Waals surface area contributed by atoms with E-state index in [0.717, 1.165) is 10.5 Å². The van der Waals surface area contributed by atoms with Gasteiger partial charge in [-0.15, -0.1) is 0 Å². The Kier molecular flexibility index (Phi) is 7.71. The van der Waals surface area contributed by atoms with Gasteiger partial charge < -0.3 is 24.1 Å². The minimum atomic E-state index is -1.36. The number of rotatable bonds is 8. The van der Waals surface area contributed by atoms with E-state index in [1.54, 1.807) is 13.8 Å². The number of imide groups is 1. The number of aliphatic hydroxyl groups excluding tert-OH is 1. The fourth-order valence-corrected chi connectivity index (χ4v) is 4.02. The quantitative estimate of drug-likeness (QED) is 0.612. The van der Waals surface area contributed by atoms with Gasteiger partial charge in [0.2, 0.25) is 0 Å². The van der Waals surface area contributed by atoms with Gasteiger partial charge in [0.1, 0.15) is 24.9 Å². The summed E-state index contributed by atoms with van der Waals surface area (Å²) in [7, 11) is 1.32. The van der Waals surface area contributed by atoms with Gasteiger partial charge >= 0.3 is 6.09 Å². The van der Waals surface area contributed by atoms with Crippen molar-refractivity contribution >= 4 is 12.0 Å². The van der Waals surface area contributed by atoms with Crippen LogP contribution in [-0.4, -0.2) is 72.0 Å². The Morgan fingerprint density at radius 2 is 1.97 bits per heavy atom. The van der Waals surface area contributed by atoms with E-state index in [-0.39, 0.29) is 12.5 Å². The number of nitrogens with zero attached hydrogens (tertiary/aromatic N) is 1. The van der Waals surface area contributed by atoms with Crippen molar-refractivity contribution in [1.82, 2.24) is 4.90 Å². The molecule has 0 aliphatic carbocycles. The third-order valence-corrected chi connectivity index (χ3v) is 5.51. The van der Waals surface area contributed by atoms with E-state index in [1.165, 1.54) is 7.11 Å². The van der Waals surface area contributed by atoms with E-state index in [2.05, 4.69) is 0 Å². The zero-order valence-electron chi connectivity index (χ0n) is 19.3. The van der Waals surface area contributed by atoms with Crippen LogP contribution in [0, 0.1) is 5.92 Å². The second kappa shape index (κ2) is 10.1. The first-order chi connectivity index (χ1) is 15.1. The van der Waals surface area contributed by atoms with Crippen molar-refractivity contribution < 1.29 is 33.6 Å². The van der Waals surface area contributed by atoms with Crippen molar-refractivity contribution in [2.75, 3.05) is 13.7 Å². The van der Waals surface area contributed by atoms with E-state index >= 15 is 0 Å². The molecule has 2 saturated heterocycles. The molecule has 0 aromatic heterocycles. The van der Waals surface area contributed by atoms with Gasteiger partial charge in [-0.2, -0.15) is 0 Å². The predicted molar refractivity (Wildman–Crippen MR) is 117 cm³/mol.